The van der Waals surface area contributed by atoms with Crippen molar-refractivity contribution in [3.63, 3.8) is 0 Å². The van der Waals surface area contributed by atoms with Gasteiger partial charge in [-0.2, -0.15) is 0 Å². The van der Waals surface area contributed by atoms with Crippen molar-refractivity contribution in [3.05, 3.63) is 0 Å². The average Bonchev–Trinajstić information content (AvgIpc) is 2.68. The van der Waals surface area contributed by atoms with Crippen LogP contribution in [0, 0.1) is 29.1 Å². The van der Waals surface area contributed by atoms with E-state index in [4.69, 9.17) is 0 Å². The number of aliphatic carboxylic acids is 1. The molecule has 2 fully saturated rings. The highest BCUT2D eigenvalue weighted by Gasteiger charge is 2.39. The van der Waals surface area contributed by atoms with Gasteiger partial charge in [0.2, 0.25) is 5.91 Å². The van der Waals surface area contributed by atoms with Crippen LogP contribution in [-0.4, -0.2) is 35.0 Å². The van der Waals surface area contributed by atoms with Crippen molar-refractivity contribution >= 4 is 11.9 Å². The predicted octanol–water partition coefficient (Wildman–Crippen LogP) is 3.02. The van der Waals surface area contributed by atoms with Gasteiger partial charge in [-0.25, -0.2) is 0 Å². The fourth-order valence-electron chi connectivity index (χ4n) is 4.57. The maximum Gasteiger partial charge on any atom is 0.308 e. The molecule has 4 nitrogen and oxygen atoms in total. The molecule has 1 N–H and O–H groups in total. The van der Waals surface area contributed by atoms with Crippen molar-refractivity contribution in [3.8, 4) is 0 Å². The second-order valence-electron chi connectivity index (χ2n) is 8.20. The van der Waals surface area contributed by atoms with Crippen LogP contribution in [-0.2, 0) is 9.59 Å². The number of carboxylic acids is 1. The van der Waals surface area contributed by atoms with Crippen molar-refractivity contribution in [2.75, 3.05) is 13.1 Å². The number of carbonyl (C=O) groups is 2. The fourth-order valence-corrected chi connectivity index (χ4v) is 4.57. The summed E-state index contributed by atoms with van der Waals surface area (Å²) in [6, 6.07) is 0. The van der Waals surface area contributed by atoms with E-state index in [0.29, 0.717) is 36.8 Å². The lowest BCUT2D eigenvalue weighted by Gasteiger charge is -2.39. The van der Waals surface area contributed by atoms with E-state index in [1.165, 1.54) is 6.42 Å². The van der Waals surface area contributed by atoms with Crippen molar-refractivity contribution < 1.29 is 14.7 Å². The van der Waals surface area contributed by atoms with E-state index in [2.05, 4.69) is 20.8 Å². The Hall–Kier alpha value is -1.06. The monoisotopic (exact) mass is 295 g/mol. The number of hydrogen-bond acceptors (Lipinski definition) is 2. The van der Waals surface area contributed by atoms with Gasteiger partial charge in [0.25, 0.3) is 0 Å². The first-order chi connectivity index (χ1) is 9.68. The SMILES string of the molecule is CC1CC(CC(=O)N2C[C@@H](C)[C@H](C(=O)O)C2)CC(C)(C)C1. The highest BCUT2D eigenvalue weighted by Crippen LogP contribution is 2.43. The molecule has 0 spiro atoms. The van der Waals surface area contributed by atoms with Crippen LogP contribution >= 0.6 is 0 Å². The number of nitrogens with zero attached hydrogens (tertiary/aromatic N) is 1. The quantitative estimate of drug-likeness (QED) is 0.870. The van der Waals surface area contributed by atoms with Crippen LogP contribution in [0.25, 0.3) is 0 Å². The highest BCUT2D eigenvalue weighted by atomic mass is 16.4. The minimum absolute atomic E-state index is 0.0631. The van der Waals surface area contributed by atoms with Crippen molar-refractivity contribution in [1.29, 1.82) is 0 Å². The number of rotatable bonds is 3. The Morgan fingerprint density at radius 3 is 2.38 bits per heavy atom. The summed E-state index contributed by atoms with van der Waals surface area (Å²) >= 11 is 0. The van der Waals surface area contributed by atoms with Gasteiger partial charge in [0.15, 0.2) is 0 Å². The Labute approximate surface area is 127 Å². The lowest BCUT2D eigenvalue weighted by molar-refractivity contribution is -0.142. The maximum atomic E-state index is 12.5. The van der Waals surface area contributed by atoms with Crippen molar-refractivity contribution in [1.82, 2.24) is 4.90 Å². The Kier molecular flexibility index (Phi) is 4.64. The zero-order valence-electron chi connectivity index (χ0n) is 13.8. The third-order valence-corrected chi connectivity index (χ3v) is 5.22. The molecule has 0 aromatic carbocycles. The number of carbonyl (C=O) groups excluding carboxylic acids is 1. The van der Waals surface area contributed by atoms with Crippen LogP contribution in [0.3, 0.4) is 0 Å². The van der Waals surface area contributed by atoms with Gasteiger partial charge in [-0.05, 0) is 42.4 Å². The fraction of sp³-hybridized carbons (Fsp3) is 0.882. The molecule has 1 saturated carbocycles. The molecule has 120 valence electrons. The molecular weight excluding hydrogens is 266 g/mol. The lowest BCUT2D eigenvalue weighted by atomic mass is 9.67. The Balaban J connectivity index is 1.92. The first kappa shape index (κ1) is 16.3. The smallest absolute Gasteiger partial charge is 0.308 e. The minimum Gasteiger partial charge on any atom is -0.481 e. The summed E-state index contributed by atoms with van der Waals surface area (Å²) in [4.78, 5) is 25.4. The van der Waals surface area contributed by atoms with Gasteiger partial charge in [-0.1, -0.05) is 27.7 Å². The van der Waals surface area contributed by atoms with Crippen LogP contribution in [0.15, 0.2) is 0 Å². The van der Waals surface area contributed by atoms with Crippen LogP contribution in [0.1, 0.15) is 53.4 Å². The molecule has 4 atom stereocenters. The van der Waals surface area contributed by atoms with E-state index in [1.807, 2.05) is 6.92 Å². The van der Waals surface area contributed by atoms with Crippen LogP contribution in [0.2, 0.25) is 0 Å². The standard InChI is InChI=1S/C17H29NO3/c1-11-5-13(8-17(3,4)7-11)6-15(19)18-9-12(2)14(10-18)16(20)21/h11-14H,5-10H2,1-4H3,(H,20,21)/t11?,12-,13?,14-/m1/s1. The molecule has 0 bridgehead atoms. The second-order valence-corrected chi connectivity index (χ2v) is 8.20. The molecule has 0 radical (unpaired) electrons. The molecule has 1 heterocycles. The Bertz CT molecular complexity index is 418. The molecular formula is C17H29NO3. The predicted molar refractivity (Wildman–Crippen MR) is 81.8 cm³/mol. The second kappa shape index (κ2) is 5.98. The van der Waals surface area contributed by atoms with E-state index >= 15 is 0 Å². The molecule has 1 aliphatic heterocycles. The summed E-state index contributed by atoms with van der Waals surface area (Å²) in [5.41, 5.74) is 0.324. The van der Waals surface area contributed by atoms with E-state index in [0.717, 1.165) is 12.8 Å². The summed E-state index contributed by atoms with van der Waals surface area (Å²) in [6.45, 7) is 9.77. The summed E-state index contributed by atoms with van der Waals surface area (Å²) in [5, 5.41) is 9.17. The van der Waals surface area contributed by atoms with Gasteiger partial charge in [-0.3, -0.25) is 9.59 Å². The van der Waals surface area contributed by atoms with Crippen LogP contribution in [0.4, 0.5) is 0 Å². The molecule has 21 heavy (non-hydrogen) atoms. The number of hydrogen-bond donors (Lipinski definition) is 1. The van der Waals surface area contributed by atoms with E-state index in [9.17, 15) is 14.7 Å². The lowest BCUT2D eigenvalue weighted by Crippen LogP contribution is -2.34. The van der Waals surface area contributed by atoms with Crippen molar-refractivity contribution in [2.45, 2.75) is 53.4 Å². The van der Waals surface area contributed by atoms with Gasteiger partial charge >= 0.3 is 5.97 Å². The first-order valence-corrected chi connectivity index (χ1v) is 8.18. The zero-order valence-corrected chi connectivity index (χ0v) is 13.8. The summed E-state index contributed by atoms with van der Waals surface area (Å²) in [6.07, 6.45) is 4.06. The third kappa shape index (κ3) is 3.98. The minimum atomic E-state index is -0.773. The number of amides is 1. The topological polar surface area (TPSA) is 57.6 Å². The summed E-state index contributed by atoms with van der Waals surface area (Å²) < 4.78 is 0. The normalized spacial score (nSPS) is 35.7. The maximum absolute atomic E-state index is 12.5. The first-order valence-electron chi connectivity index (χ1n) is 8.18. The van der Waals surface area contributed by atoms with Crippen LogP contribution < -0.4 is 0 Å². The van der Waals surface area contributed by atoms with E-state index in [1.54, 1.807) is 4.90 Å². The zero-order chi connectivity index (χ0) is 15.8. The van der Waals surface area contributed by atoms with E-state index in [-0.39, 0.29) is 11.8 Å². The number of carboxylic acid groups (broad SMARTS) is 1. The summed E-state index contributed by atoms with van der Waals surface area (Å²) in [7, 11) is 0. The third-order valence-electron chi connectivity index (χ3n) is 5.22. The van der Waals surface area contributed by atoms with E-state index < -0.39 is 11.9 Å². The van der Waals surface area contributed by atoms with Crippen molar-refractivity contribution in [2.24, 2.45) is 29.1 Å². The molecule has 0 aromatic rings. The molecule has 2 rings (SSSR count). The molecule has 4 heteroatoms. The Morgan fingerprint density at radius 1 is 1.19 bits per heavy atom. The molecule has 1 saturated heterocycles. The molecule has 1 aliphatic carbocycles. The Morgan fingerprint density at radius 2 is 1.86 bits per heavy atom. The van der Waals surface area contributed by atoms with Gasteiger partial charge in [0, 0.05) is 19.5 Å². The summed E-state index contributed by atoms with van der Waals surface area (Å²) in [5.74, 6) is 0.181. The average molecular weight is 295 g/mol. The largest absolute Gasteiger partial charge is 0.481 e. The molecule has 0 aromatic heterocycles. The highest BCUT2D eigenvalue weighted by molar-refractivity contribution is 5.79. The molecule has 2 unspecified atom stereocenters. The molecule has 1 amide bonds. The molecule has 2 aliphatic rings. The van der Waals surface area contributed by atoms with Gasteiger partial charge < -0.3 is 10.0 Å². The van der Waals surface area contributed by atoms with Gasteiger partial charge in [0.05, 0.1) is 5.92 Å². The van der Waals surface area contributed by atoms with Gasteiger partial charge in [0.1, 0.15) is 0 Å². The number of likely N-dealkylation sites (tertiary alicyclic amines) is 1. The van der Waals surface area contributed by atoms with Crippen LogP contribution in [0.5, 0.6) is 0 Å². The van der Waals surface area contributed by atoms with Gasteiger partial charge in [-0.15, -0.1) is 0 Å².